The molecule has 0 saturated heterocycles. The Morgan fingerprint density at radius 3 is 2.25 bits per heavy atom. The fourth-order valence-electron chi connectivity index (χ4n) is 0.625. The lowest BCUT2D eigenvalue weighted by Gasteiger charge is -2.11. The summed E-state index contributed by atoms with van der Waals surface area (Å²) >= 11 is 3.10. The molecule has 0 amide bonds. The molecule has 0 aromatic carbocycles. The number of alkyl halides is 1. The summed E-state index contributed by atoms with van der Waals surface area (Å²) in [5.41, 5.74) is 0. The van der Waals surface area contributed by atoms with Crippen LogP contribution in [0.1, 0.15) is 0 Å². The van der Waals surface area contributed by atoms with E-state index in [-0.39, 0.29) is 19.8 Å². The van der Waals surface area contributed by atoms with E-state index in [4.69, 9.17) is 14.9 Å². The van der Waals surface area contributed by atoms with Gasteiger partial charge in [-0.2, -0.15) is 0 Å². The van der Waals surface area contributed by atoms with Crippen molar-refractivity contribution in [3.8, 4) is 0 Å². The Hall–Kier alpha value is 0.320. The summed E-state index contributed by atoms with van der Waals surface area (Å²) in [6, 6.07) is 0. The van der Waals surface area contributed by atoms with E-state index in [1.165, 1.54) is 7.11 Å². The topological polar surface area (TPSA) is 58.9 Å². The molecule has 74 valence electrons. The van der Waals surface area contributed by atoms with Gasteiger partial charge in [0.05, 0.1) is 25.9 Å². The van der Waals surface area contributed by atoms with E-state index in [0.717, 1.165) is 0 Å². The van der Waals surface area contributed by atoms with Crippen molar-refractivity contribution >= 4 is 15.9 Å². The predicted octanol–water partition coefficient (Wildman–Crippen LogP) is -0.234. The average Bonchev–Trinajstić information content (AvgIpc) is 2.04. The molecule has 4 nitrogen and oxygen atoms in total. The maximum Gasteiger partial charge on any atom is 0.101 e. The van der Waals surface area contributed by atoms with E-state index in [9.17, 15) is 0 Å². The van der Waals surface area contributed by atoms with Crippen molar-refractivity contribution in [3.05, 3.63) is 0 Å². The zero-order valence-corrected chi connectivity index (χ0v) is 8.66. The van der Waals surface area contributed by atoms with E-state index in [0.29, 0.717) is 5.33 Å². The zero-order valence-electron chi connectivity index (χ0n) is 7.07. The Balaban J connectivity index is 3.18. The molecule has 0 saturated carbocycles. The first-order chi connectivity index (χ1) is 5.70. The molecule has 0 fully saturated rings. The molecule has 5 heteroatoms. The van der Waals surface area contributed by atoms with Gasteiger partial charge < -0.3 is 19.7 Å². The molecule has 0 aliphatic rings. The minimum atomic E-state index is -0.613. The fraction of sp³-hybridized carbons (Fsp3) is 1.00. The molecule has 2 atom stereocenters. The van der Waals surface area contributed by atoms with Crippen LogP contribution in [0.25, 0.3) is 0 Å². The van der Waals surface area contributed by atoms with Crippen LogP contribution >= 0.6 is 15.9 Å². The van der Waals surface area contributed by atoms with Crippen LogP contribution < -0.4 is 0 Å². The number of ether oxygens (including phenoxy) is 2. The SMILES string of the molecule is COCC(O)COCC(O)CBr. The van der Waals surface area contributed by atoms with Crippen LogP contribution in [0.3, 0.4) is 0 Å². The molecule has 2 N–H and O–H groups in total. The Bertz CT molecular complexity index is 101. The number of hydrogen-bond donors (Lipinski definition) is 2. The van der Waals surface area contributed by atoms with Crippen LogP contribution in [0.15, 0.2) is 0 Å². The minimum Gasteiger partial charge on any atom is -0.390 e. The van der Waals surface area contributed by atoms with Gasteiger partial charge in [0.1, 0.15) is 6.10 Å². The van der Waals surface area contributed by atoms with Crippen molar-refractivity contribution in [2.45, 2.75) is 12.2 Å². The Morgan fingerprint density at radius 1 is 1.17 bits per heavy atom. The molecule has 0 aromatic heterocycles. The van der Waals surface area contributed by atoms with Crippen LogP contribution in [0.5, 0.6) is 0 Å². The minimum absolute atomic E-state index is 0.192. The van der Waals surface area contributed by atoms with Gasteiger partial charge in [0.25, 0.3) is 0 Å². The van der Waals surface area contributed by atoms with E-state index in [2.05, 4.69) is 20.7 Å². The number of aliphatic hydroxyl groups is 2. The van der Waals surface area contributed by atoms with E-state index < -0.39 is 12.2 Å². The molecule has 0 rings (SSSR count). The Morgan fingerprint density at radius 2 is 1.75 bits per heavy atom. The second kappa shape index (κ2) is 7.94. The molecule has 0 bridgehead atoms. The molecule has 0 aliphatic carbocycles. The molecule has 12 heavy (non-hydrogen) atoms. The number of hydrogen-bond acceptors (Lipinski definition) is 4. The molecule has 2 unspecified atom stereocenters. The summed E-state index contributed by atoms with van der Waals surface area (Å²) in [6.45, 7) is 0.675. The van der Waals surface area contributed by atoms with Gasteiger partial charge in [0.15, 0.2) is 0 Å². The quantitative estimate of drug-likeness (QED) is 0.606. The molecule has 0 radical (unpaired) electrons. The highest BCUT2D eigenvalue weighted by Crippen LogP contribution is 1.93. The maximum atomic E-state index is 9.09. The van der Waals surface area contributed by atoms with Crippen molar-refractivity contribution in [3.63, 3.8) is 0 Å². The summed E-state index contributed by atoms with van der Waals surface area (Å²) in [5.74, 6) is 0. The van der Waals surface area contributed by atoms with Gasteiger partial charge in [0.2, 0.25) is 0 Å². The summed E-state index contributed by atoms with van der Waals surface area (Å²) in [7, 11) is 1.51. The first-order valence-electron chi connectivity index (χ1n) is 3.69. The molecule has 0 aromatic rings. The van der Waals surface area contributed by atoms with Gasteiger partial charge in [-0.05, 0) is 0 Å². The number of rotatable bonds is 7. The highest BCUT2D eigenvalue weighted by Gasteiger charge is 2.05. The van der Waals surface area contributed by atoms with Crippen LogP contribution in [-0.4, -0.2) is 54.7 Å². The largest absolute Gasteiger partial charge is 0.390 e. The fourth-order valence-corrected chi connectivity index (χ4v) is 0.812. The van der Waals surface area contributed by atoms with Crippen LogP contribution in [0, 0.1) is 0 Å². The molecule has 0 aliphatic heterocycles. The average molecular weight is 243 g/mol. The first-order valence-corrected chi connectivity index (χ1v) is 4.81. The van der Waals surface area contributed by atoms with E-state index in [1.807, 2.05) is 0 Å². The van der Waals surface area contributed by atoms with Crippen LogP contribution in [0.4, 0.5) is 0 Å². The standard InChI is InChI=1S/C7H15BrO4/c1-11-3-7(10)5-12-4-6(9)2-8/h6-7,9-10H,2-5H2,1H3. The zero-order chi connectivity index (χ0) is 9.40. The molecule has 0 spiro atoms. The van der Waals surface area contributed by atoms with Crippen LogP contribution in [-0.2, 0) is 9.47 Å². The number of methoxy groups -OCH3 is 1. The third kappa shape index (κ3) is 7.00. The monoisotopic (exact) mass is 242 g/mol. The van der Waals surface area contributed by atoms with Gasteiger partial charge in [-0.25, -0.2) is 0 Å². The second-order valence-corrected chi connectivity index (χ2v) is 3.10. The highest BCUT2D eigenvalue weighted by atomic mass is 79.9. The molecule has 0 heterocycles. The van der Waals surface area contributed by atoms with Gasteiger partial charge in [-0.3, -0.25) is 0 Å². The third-order valence-corrected chi connectivity index (χ3v) is 1.91. The first kappa shape index (κ1) is 12.3. The molecular formula is C7H15BrO4. The number of halogens is 1. The van der Waals surface area contributed by atoms with Crippen molar-refractivity contribution in [2.75, 3.05) is 32.3 Å². The smallest absolute Gasteiger partial charge is 0.101 e. The van der Waals surface area contributed by atoms with Gasteiger partial charge in [-0.15, -0.1) is 0 Å². The highest BCUT2D eigenvalue weighted by molar-refractivity contribution is 9.09. The summed E-state index contributed by atoms with van der Waals surface area (Å²) in [5, 5.41) is 18.6. The van der Waals surface area contributed by atoms with Crippen molar-refractivity contribution in [1.82, 2.24) is 0 Å². The summed E-state index contributed by atoms with van der Waals surface area (Å²) < 4.78 is 9.68. The van der Waals surface area contributed by atoms with Crippen molar-refractivity contribution < 1.29 is 19.7 Å². The van der Waals surface area contributed by atoms with Gasteiger partial charge >= 0.3 is 0 Å². The van der Waals surface area contributed by atoms with Crippen LogP contribution in [0.2, 0.25) is 0 Å². The normalized spacial score (nSPS) is 16.0. The van der Waals surface area contributed by atoms with Crippen molar-refractivity contribution in [1.29, 1.82) is 0 Å². The Labute approximate surface area is 80.6 Å². The lowest BCUT2D eigenvalue weighted by atomic mass is 10.4. The predicted molar refractivity (Wildman–Crippen MR) is 48.5 cm³/mol. The number of aliphatic hydroxyl groups excluding tert-OH is 2. The summed E-state index contributed by atoms with van der Waals surface area (Å²) in [4.78, 5) is 0. The third-order valence-electron chi connectivity index (χ3n) is 1.16. The maximum absolute atomic E-state index is 9.09. The Kier molecular flexibility index (Phi) is 8.15. The van der Waals surface area contributed by atoms with Gasteiger partial charge in [-0.1, -0.05) is 15.9 Å². The lowest BCUT2D eigenvalue weighted by Crippen LogP contribution is -2.25. The lowest BCUT2D eigenvalue weighted by molar-refractivity contribution is -0.0269. The summed E-state index contributed by atoms with van der Waals surface area (Å²) in [6.07, 6.45) is -1.13. The molecular weight excluding hydrogens is 228 g/mol. The second-order valence-electron chi connectivity index (χ2n) is 2.45. The van der Waals surface area contributed by atoms with Crippen molar-refractivity contribution in [2.24, 2.45) is 0 Å². The van der Waals surface area contributed by atoms with E-state index >= 15 is 0 Å². The van der Waals surface area contributed by atoms with E-state index in [1.54, 1.807) is 0 Å². The van der Waals surface area contributed by atoms with Gasteiger partial charge in [0, 0.05) is 12.4 Å².